The van der Waals surface area contributed by atoms with E-state index in [1.807, 2.05) is 24.4 Å². The van der Waals surface area contributed by atoms with Gasteiger partial charge in [0.2, 0.25) is 0 Å². The molecule has 0 unspecified atom stereocenters. The van der Waals surface area contributed by atoms with Crippen molar-refractivity contribution in [1.82, 2.24) is 4.98 Å². The summed E-state index contributed by atoms with van der Waals surface area (Å²) in [5, 5.41) is 3.70. The number of methoxy groups -OCH3 is 1. The highest BCUT2D eigenvalue weighted by atomic mass is 16.5. The van der Waals surface area contributed by atoms with E-state index >= 15 is 0 Å². The number of pyridine rings is 1. The molecule has 0 amide bonds. The summed E-state index contributed by atoms with van der Waals surface area (Å²) in [6, 6.07) is 12.2. The smallest absolute Gasteiger partial charge is 0.152 e. The first-order valence-corrected chi connectivity index (χ1v) is 8.59. The lowest BCUT2D eigenvalue weighted by Crippen LogP contribution is -2.53. The summed E-state index contributed by atoms with van der Waals surface area (Å²) in [6.45, 7) is 4.47. The van der Waals surface area contributed by atoms with Gasteiger partial charge in [-0.2, -0.15) is 0 Å². The minimum absolute atomic E-state index is 0.226. The molecule has 0 atom stereocenters. The number of rotatable bonds is 5. The lowest BCUT2D eigenvalue weighted by molar-refractivity contribution is -0.0447. The topological polar surface area (TPSA) is 55.9 Å². The third-order valence-corrected chi connectivity index (χ3v) is 4.81. The van der Waals surface area contributed by atoms with Gasteiger partial charge in [-0.15, -0.1) is 0 Å². The maximum Gasteiger partial charge on any atom is 0.152 e. The number of nitrogens with one attached hydrogen (secondary N) is 1. The van der Waals surface area contributed by atoms with Gasteiger partial charge in [-0.25, -0.2) is 4.98 Å². The minimum atomic E-state index is -0.226. The molecule has 0 radical (unpaired) electrons. The van der Waals surface area contributed by atoms with Crippen LogP contribution in [0.3, 0.4) is 0 Å². The third kappa shape index (κ3) is 3.15. The number of hydrogen-bond acceptors (Lipinski definition) is 6. The maximum absolute atomic E-state index is 5.56. The number of hydrogen-bond donors (Lipinski definition) is 1. The van der Waals surface area contributed by atoms with E-state index < -0.39 is 0 Å². The van der Waals surface area contributed by atoms with Crippen molar-refractivity contribution in [2.24, 2.45) is 0 Å². The second-order valence-electron chi connectivity index (χ2n) is 6.40. The fourth-order valence-electron chi connectivity index (χ4n) is 3.31. The van der Waals surface area contributed by atoms with Crippen LogP contribution in [0.5, 0.6) is 5.75 Å². The predicted molar refractivity (Wildman–Crippen MR) is 96.4 cm³/mol. The molecule has 0 aliphatic carbocycles. The maximum atomic E-state index is 5.56. The quantitative estimate of drug-likeness (QED) is 0.900. The van der Waals surface area contributed by atoms with Crippen LogP contribution in [-0.4, -0.2) is 51.6 Å². The van der Waals surface area contributed by atoms with Crippen LogP contribution in [0.15, 0.2) is 42.6 Å². The Hall–Kier alpha value is -2.31. The van der Waals surface area contributed by atoms with Crippen LogP contribution in [-0.2, 0) is 15.0 Å². The normalized spacial score (nSPS) is 19.2. The van der Waals surface area contributed by atoms with Crippen molar-refractivity contribution in [2.45, 2.75) is 5.54 Å². The van der Waals surface area contributed by atoms with E-state index in [0.717, 1.165) is 43.6 Å². The summed E-state index contributed by atoms with van der Waals surface area (Å²) in [7, 11) is 1.68. The Morgan fingerprint density at radius 1 is 1.08 bits per heavy atom. The van der Waals surface area contributed by atoms with E-state index in [-0.39, 0.29) is 5.54 Å². The standard InChI is InChI=1S/C19H23N3O3/c1-23-16-6-4-15(5-7-16)19(13-25-14-19)21-17-3-2-8-20-18(17)22-9-11-24-12-10-22/h2-8,21H,9-14H2,1H3. The Balaban J connectivity index is 1.61. The summed E-state index contributed by atoms with van der Waals surface area (Å²) in [4.78, 5) is 6.88. The zero-order valence-corrected chi connectivity index (χ0v) is 14.4. The van der Waals surface area contributed by atoms with E-state index in [2.05, 4.69) is 33.4 Å². The Morgan fingerprint density at radius 2 is 1.84 bits per heavy atom. The monoisotopic (exact) mass is 341 g/mol. The summed E-state index contributed by atoms with van der Waals surface area (Å²) < 4.78 is 16.3. The molecule has 1 aromatic carbocycles. The summed E-state index contributed by atoms with van der Waals surface area (Å²) >= 11 is 0. The number of nitrogens with zero attached hydrogens (tertiary/aromatic N) is 2. The SMILES string of the molecule is COc1ccc(C2(Nc3cccnc3N3CCOCC3)COC2)cc1. The zero-order chi connectivity index (χ0) is 17.1. The summed E-state index contributed by atoms with van der Waals surface area (Å²) in [5.41, 5.74) is 2.00. The van der Waals surface area contributed by atoms with Gasteiger partial charge in [0.1, 0.15) is 11.3 Å². The molecule has 3 heterocycles. The molecule has 1 aromatic heterocycles. The van der Waals surface area contributed by atoms with Gasteiger partial charge in [-0.1, -0.05) is 12.1 Å². The Morgan fingerprint density at radius 3 is 2.48 bits per heavy atom. The zero-order valence-electron chi connectivity index (χ0n) is 14.4. The Kier molecular flexibility index (Phi) is 4.46. The highest BCUT2D eigenvalue weighted by Gasteiger charge is 2.41. The van der Waals surface area contributed by atoms with Crippen molar-refractivity contribution >= 4 is 11.5 Å². The fraction of sp³-hybridized carbons (Fsp3) is 0.421. The van der Waals surface area contributed by atoms with Crippen molar-refractivity contribution in [3.63, 3.8) is 0 Å². The van der Waals surface area contributed by atoms with Gasteiger partial charge < -0.3 is 24.4 Å². The van der Waals surface area contributed by atoms with E-state index in [1.54, 1.807) is 7.11 Å². The van der Waals surface area contributed by atoms with Crippen molar-refractivity contribution in [3.05, 3.63) is 48.2 Å². The number of morpholine rings is 1. The molecule has 2 fully saturated rings. The molecule has 2 saturated heterocycles. The van der Waals surface area contributed by atoms with Gasteiger partial charge in [-0.3, -0.25) is 0 Å². The Labute approximate surface area is 147 Å². The average molecular weight is 341 g/mol. The second-order valence-corrected chi connectivity index (χ2v) is 6.40. The molecular weight excluding hydrogens is 318 g/mol. The number of benzene rings is 1. The first-order chi connectivity index (χ1) is 12.3. The minimum Gasteiger partial charge on any atom is -0.497 e. The van der Waals surface area contributed by atoms with E-state index in [0.29, 0.717) is 13.2 Å². The van der Waals surface area contributed by atoms with Gasteiger partial charge in [0, 0.05) is 19.3 Å². The summed E-state index contributed by atoms with van der Waals surface area (Å²) in [6.07, 6.45) is 1.84. The van der Waals surface area contributed by atoms with E-state index in [4.69, 9.17) is 14.2 Å². The van der Waals surface area contributed by atoms with Crippen LogP contribution in [0.25, 0.3) is 0 Å². The van der Waals surface area contributed by atoms with Gasteiger partial charge in [0.25, 0.3) is 0 Å². The number of ether oxygens (including phenoxy) is 3. The van der Waals surface area contributed by atoms with Crippen molar-refractivity contribution in [3.8, 4) is 5.75 Å². The molecule has 6 heteroatoms. The van der Waals surface area contributed by atoms with Crippen LogP contribution in [0.1, 0.15) is 5.56 Å². The van der Waals surface area contributed by atoms with Crippen LogP contribution in [0, 0.1) is 0 Å². The largest absolute Gasteiger partial charge is 0.497 e. The molecule has 25 heavy (non-hydrogen) atoms. The lowest BCUT2D eigenvalue weighted by atomic mass is 9.87. The van der Waals surface area contributed by atoms with Crippen LogP contribution < -0.4 is 15.0 Å². The highest BCUT2D eigenvalue weighted by molar-refractivity contribution is 5.67. The van der Waals surface area contributed by atoms with Crippen LogP contribution >= 0.6 is 0 Å². The number of anilines is 2. The van der Waals surface area contributed by atoms with Gasteiger partial charge in [-0.05, 0) is 29.8 Å². The Bertz CT molecular complexity index is 710. The first-order valence-electron chi connectivity index (χ1n) is 8.59. The fourth-order valence-corrected chi connectivity index (χ4v) is 3.31. The molecule has 2 aromatic rings. The van der Waals surface area contributed by atoms with E-state index in [9.17, 15) is 0 Å². The van der Waals surface area contributed by atoms with E-state index in [1.165, 1.54) is 5.56 Å². The van der Waals surface area contributed by atoms with Crippen molar-refractivity contribution < 1.29 is 14.2 Å². The van der Waals surface area contributed by atoms with Crippen LogP contribution in [0.2, 0.25) is 0 Å². The first kappa shape index (κ1) is 16.2. The lowest BCUT2D eigenvalue weighted by Gasteiger charge is -2.44. The van der Waals surface area contributed by atoms with Crippen molar-refractivity contribution in [1.29, 1.82) is 0 Å². The van der Waals surface area contributed by atoms with Gasteiger partial charge in [0.15, 0.2) is 5.82 Å². The van der Waals surface area contributed by atoms with Crippen LogP contribution in [0.4, 0.5) is 11.5 Å². The second kappa shape index (κ2) is 6.90. The molecular formula is C19H23N3O3. The summed E-state index contributed by atoms with van der Waals surface area (Å²) in [5.74, 6) is 1.83. The molecule has 1 N–H and O–H groups in total. The van der Waals surface area contributed by atoms with Gasteiger partial charge in [0.05, 0.1) is 39.2 Å². The molecule has 2 aliphatic rings. The number of aromatic nitrogens is 1. The molecule has 0 spiro atoms. The molecule has 0 saturated carbocycles. The molecule has 6 nitrogen and oxygen atoms in total. The molecule has 0 bridgehead atoms. The molecule has 4 rings (SSSR count). The molecule has 2 aliphatic heterocycles. The van der Waals surface area contributed by atoms with Crippen molar-refractivity contribution in [2.75, 3.05) is 56.8 Å². The van der Waals surface area contributed by atoms with Gasteiger partial charge >= 0.3 is 0 Å². The average Bonchev–Trinajstić information content (AvgIpc) is 2.66. The predicted octanol–water partition coefficient (Wildman–Crippen LogP) is 2.26. The highest BCUT2D eigenvalue weighted by Crippen LogP contribution is 2.37. The molecule has 132 valence electrons. The third-order valence-electron chi connectivity index (χ3n) is 4.81.